The van der Waals surface area contributed by atoms with Gasteiger partial charge in [0, 0.05) is 76.8 Å². The molecule has 0 aliphatic carbocycles. The lowest BCUT2D eigenvalue weighted by Gasteiger charge is -2.47. The number of rotatable bonds is 3. The minimum absolute atomic E-state index is 0.717. The summed E-state index contributed by atoms with van der Waals surface area (Å²) in [5.41, 5.74) is 11.2. The average Bonchev–Trinajstić information content (AvgIpc) is 4.05. The van der Waals surface area contributed by atoms with Gasteiger partial charge in [-0.1, -0.05) is 152 Å². The van der Waals surface area contributed by atoms with Gasteiger partial charge in [-0.25, -0.2) is 0 Å². The van der Waals surface area contributed by atoms with E-state index in [2.05, 4.69) is 179 Å². The molecule has 5 heterocycles. The Kier molecular flexibility index (Phi) is 7.36. The lowest BCUT2D eigenvalue weighted by molar-refractivity contribution is 0.435. The Balaban J connectivity index is 1.04. The van der Waals surface area contributed by atoms with Crippen LogP contribution in [0.4, 0.5) is 0 Å². The van der Waals surface area contributed by atoms with Crippen LogP contribution in [0.5, 0.6) is 11.5 Å². The first-order chi connectivity index (χ1) is 33.1. The Hall–Kier alpha value is -8.37. The molecule has 2 aliphatic heterocycles. The van der Waals surface area contributed by atoms with Gasteiger partial charge in [-0.3, -0.25) is 0 Å². The van der Waals surface area contributed by atoms with Crippen LogP contribution in [0.3, 0.4) is 0 Å². The Morgan fingerprint density at radius 2 is 0.955 bits per heavy atom. The van der Waals surface area contributed by atoms with Crippen molar-refractivity contribution in [2.24, 2.45) is 0 Å². The van der Waals surface area contributed by atoms with E-state index in [1.54, 1.807) is 0 Å². The molecule has 2 unspecified atom stereocenters. The number of para-hydroxylation sites is 5. The molecule has 0 radical (unpaired) electrons. The monoisotopic (exact) mass is 876 g/mol. The van der Waals surface area contributed by atoms with Crippen molar-refractivity contribution in [3.8, 4) is 22.9 Å². The van der Waals surface area contributed by atoms with Gasteiger partial charge >= 0.3 is 0 Å². The minimum atomic E-state index is -3.48. The summed E-state index contributed by atoms with van der Waals surface area (Å²) < 4.78 is 35.2. The second-order valence-corrected chi connectivity index (χ2v) is 20.5. The molecule has 3 aromatic heterocycles. The molecule has 0 saturated heterocycles. The van der Waals surface area contributed by atoms with Gasteiger partial charge in [-0.15, -0.1) is 0 Å². The van der Waals surface area contributed by atoms with Gasteiger partial charge in [-0.05, 0) is 77.9 Å². The molecule has 67 heavy (non-hydrogen) atoms. The van der Waals surface area contributed by atoms with Crippen molar-refractivity contribution in [1.29, 1.82) is 0 Å². The van der Waals surface area contributed by atoms with Crippen molar-refractivity contribution in [2.45, 2.75) is 5.41 Å². The molecule has 0 fully saturated rings. The fourth-order valence-electron chi connectivity index (χ4n) is 12.0. The lowest BCUT2D eigenvalue weighted by atomic mass is 9.63. The standard InChI is InChI=1S/C61H37N2O3P/c64-67(40-19-5-2-6-20-40)57-30-16-11-25-47(57)61(48-36-44-41-21-9-14-28-53(41)65-55(44)37-58(48)67)45-24-10-15-29-54(45)66-56-35-39(31-32-46(56)61)63-50-27-13-8-23-43(50)60-52(63)34-33-51-59(60)42-22-7-12-26-49(42)62(51)38-17-3-1-4-18-38/h1-37H. The Morgan fingerprint density at radius 1 is 0.373 bits per heavy atom. The molecule has 0 amide bonds. The molecule has 0 saturated carbocycles. The zero-order valence-corrected chi connectivity index (χ0v) is 36.8. The molecular weight excluding hydrogens is 840 g/mol. The summed E-state index contributed by atoms with van der Waals surface area (Å²) in [6.45, 7) is 0. The molecule has 0 bridgehead atoms. The van der Waals surface area contributed by atoms with Gasteiger partial charge in [0.1, 0.15) is 22.7 Å². The number of aromatic nitrogens is 2. The SMILES string of the molecule is O=P1(c2ccccc2)c2ccccc2C2(c3ccccc3Oc3cc(-n4c5ccccc5c5c6c7ccccc7n(-c7ccccc7)c6ccc54)ccc32)c2cc3c(cc21)oc1ccccc13. The molecule has 2 aliphatic rings. The summed E-state index contributed by atoms with van der Waals surface area (Å²) in [6, 6.07) is 78.7. The zero-order chi connectivity index (χ0) is 44.0. The van der Waals surface area contributed by atoms with Crippen molar-refractivity contribution in [3.05, 3.63) is 247 Å². The van der Waals surface area contributed by atoms with Gasteiger partial charge in [-0.2, -0.15) is 0 Å². The van der Waals surface area contributed by atoms with Crippen LogP contribution in [0.1, 0.15) is 22.3 Å². The Morgan fingerprint density at radius 3 is 1.70 bits per heavy atom. The smallest absolute Gasteiger partial charge is 0.171 e. The molecule has 5 nitrogen and oxygen atoms in total. The quantitative estimate of drug-likeness (QED) is 0.166. The Bertz CT molecular complexity index is 4300. The number of ether oxygens (including phenoxy) is 1. The molecule has 1 spiro atoms. The van der Waals surface area contributed by atoms with Gasteiger partial charge in [0.15, 0.2) is 7.14 Å². The van der Waals surface area contributed by atoms with Crippen LogP contribution >= 0.6 is 7.14 Å². The maximum absolute atomic E-state index is 16.6. The number of hydrogen-bond donors (Lipinski definition) is 0. The third kappa shape index (κ3) is 4.71. The Labute approximate surface area is 384 Å². The summed E-state index contributed by atoms with van der Waals surface area (Å²) in [4.78, 5) is 0. The van der Waals surface area contributed by atoms with Gasteiger partial charge in [0.05, 0.1) is 27.5 Å². The average molecular weight is 877 g/mol. The van der Waals surface area contributed by atoms with E-state index in [1.807, 2.05) is 54.6 Å². The summed E-state index contributed by atoms with van der Waals surface area (Å²) in [6.07, 6.45) is 0. The molecule has 314 valence electrons. The van der Waals surface area contributed by atoms with Crippen LogP contribution in [0, 0.1) is 0 Å². The fourth-order valence-corrected chi connectivity index (χ4v) is 15.1. The highest BCUT2D eigenvalue weighted by atomic mass is 31.2. The maximum Gasteiger partial charge on any atom is 0.171 e. The van der Waals surface area contributed by atoms with Crippen molar-refractivity contribution in [3.63, 3.8) is 0 Å². The summed E-state index contributed by atoms with van der Waals surface area (Å²) >= 11 is 0. The van der Waals surface area contributed by atoms with Crippen LogP contribution < -0.4 is 20.7 Å². The first-order valence-corrected chi connectivity index (χ1v) is 24.5. The second-order valence-electron chi connectivity index (χ2n) is 17.8. The number of benzene rings is 10. The van der Waals surface area contributed by atoms with E-state index in [0.29, 0.717) is 5.58 Å². The van der Waals surface area contributed by atoms with E-state index in [9.17, 15) is 0 Å². The maximum atomic E-state index is 16.6. The summed E-state index contributed by atoms with van der Waals surface area (Å²) in [5.74, 6) is 1.51. The minimum Gasteiger partial charge on any atom is -0.457 e. The third-order valence-corrected chi connectivity index (χ3v) is 17.8. The van der Waals surface area contributed by atoms with E-state index in [4.69, 9.17) is 9.15 Å². The van der Waals surface area contributed by atoms with E-state index < -0.39 is 12.6 Å². The van der Waals surface area contributed by atoms with Crippen LogP contribution in [0.25, 0.3) is 76.9 Å². The number of furan rings is 1. The van der Waals surface area contributed by atoms with Crippen LogP contribution in [-0.4, -0.2) is 9.13 Å². The van der Waals surface area contributed by atoms with Crippen LogP contribution in [0.2, 0.25) is 0 Å². The zero-order valence-electron chi connectivity index (χ0n) is 35.9. The highest BCUT2D eigenvalue weighted by molar-refractivity contribution is 7.85. The van der Waals surface area contributed by atoms with Gasteiger partial charge in [0.2, 0.25) is 0 Å². The van der Waals surface area contributed by atoms with E-state index >= 15 is 4.57 Å². The normalized spacial score (nSPS) is 17.3. The predicted octanol–water partition coefficient (Wildman–Crippen LogP) is 14.2. The number of nitrogens with zero attached hydrogens (tertiary/aromatic N) is 2. The molecule has 2 atom stereocenters. The molecule has 15 rings (SSSR count). The number of fused-ring (bicyclic) bond motifs is 18. The molecule has 13 aromatic rings. The number of hydrogen-bond acceptors (Lipinski definition) is 3. The summed E-state index contributed by atoms with van der Waals surface area (Å²) in [7, 11) is -3.48. The van der Waals surface area contributed by atoms with E-state index in [0.717, 1.165) is 93.9 Å². The van der Waals surface area contributed by atoms with Crippen molar-refractivity contribution in [2.75, 3.05) is 0 Å². The van der Waals surface area contributed by atoms with Gasteiger partial charge in [0.25, 0.3) is 0 Å². The first-order valence-electron chi connectivity index (χ1n) is 22.8. The van der Waals surface area contributed by atoms with Crippen molar-refractivity contribution >= 4 is 88.6 Å². The van der Waals surface area contributed by atoms with Crippen LogP contribution in [0.15, 0.2) is 229 Å². The topological polar surface area (TPSA) is 49.3 Å². The van der Waals surface area contributed by atoms with Crippen LogP contribution in [-0.2, 0) is 9.98 Å². The fraction of sp³-hybridized carbons (Fsp3) is 0.0164. The first kappa shape index (κ1) is 36.9. The molecule has 6 heteroatoms. The largest absolute Gasteiger partial charge is 0.457 e. The molecule has 0 N–H and O–H groups in total. The van der Waals surface area contributed by atoms with Crippen molar-refractivity contribution in [1.82, 2.24) is 9.13 Å². The predicted molar refractivity (Wildman–Crippen MR) is 274 cm³/mol. The highest BCUT2D eigenvalue weighted by Gasteiger charge is 2.55. The molecular formula is C61H37N2O3P. The molecule has 10 aromatic carbocycles. The third-order valence-electron chi connectivity index (χ3n) is 14.6. The van der Waals surface area contributed by atoms with E-state index in [-0.39, 0.29) is 0 Å². The second kappa shape index (κ2) is 13.4. The highest BCUT2D eigenvalue weighted by Crippen LogP contribution is 2.62. The lowest BCUT2D eigenvalue weighted by Crippen LogP contribution is -2.48. The van der Waals surface area contributed by atoms with Crippen molar-refractivity contribution < 1.29 is 13.7 Å². The van der Waals surface area contributed by atoms with E-state index in [1.165, 1.54) is 27.1 Å². The van der Waals surface area contributed by atoms with Gasteiger partial charge < -0.3 is 22.9 Å². The summed E-state index contributed by atoms with van der Waals surface area (Å²) in [5, 5.41) is 9.22.